The number of cyclic esters (lactones) is 2. The molecule has 1 aliphatic heterocycles. The molecule has 6 nitrogen and oxygen atoms in total. The van der Waals surface area contributed by atoms with Crippen molar-refractivity contribution in [3.63, 3.8) is 0 Å². The average molecular weight is 188 g/mol. The van der Waals surface area contributed by atoms with Gasteiger partial charge in [0.25, 0.3) is 0 Å². The topological polar surface area (TPSA) is 71.1 Å². The van der Waals surface area contributed by atoms with E-state index in [2.05, 4.69) is 18.9 Å². The predicted octanol–water partition coefficient (Wildman–Crippen LogP) is 0.820. The first kappa shape index (κ1) is 9.37. The van der Waals surface area contributed by atoms with Crippen LogP contribution in [0.1, 0.15) is 0 Å². The fourth-order valence-corrected chi connectivity index (χ4v) is 0.658. The molecule has 0 atom stereocenters. The van der Waals surface area contributed by atoms with Crippen molar-refractivity contribution in [1.82, 2.24) is 0 Å². The second-order valence-corrected chi connectivity index (χ2v) is 2.08. The number of ether oxygens (including phenoxy) is 4. The monoisotopic (exact) mass is 188 g/mol. The molecule has 0 bridgehead atoms. The molecule has 0 amide bonds. The quantitative estimate of drug-likeness (QED) is 0.597. The molecule has 0 aromatic rings. The molecule has 0 N–H and O–H groups in total. The van der Waals surface area contributed by atoms with E-state index >= 15 is 0 Å². The van der Waals surface area contributed by atoms with Gasteiger partial charge >= 0.3 is 12.3 Å². The molecule has 0 spiro atoms. The normalized spacial score (nSPS) is 17.9. The van der Waals surface area contributed by atoms with Crippen molar-refractivity contribution in [3.8, 4) is 0 Å². The van der Waals surface area contributed by atoms with Gasteiger partial charge in [0.2, 0.25) is 0 Å². The van der Waals surface area contributed by atoms with Crippen LogP contribution >= 0.6 is 0 Å². The third-order valence-corrected chi connectivity index (χ3v) is 1.23. The summed E-state index contributed by atoms with van der Waals surface area (Å²) in [5.41, 5.74) is 0. The highest BCUT2D eigenvalue weighted by atomic mass is 16.8. The van der Waals surface area contributed by atoms with Gasteiger partial charge in [-0.1, -0.05) is 0 Å². The summed E-state index contributed by atoms with van der Waals surface area (Å²) >= 11 is 0. The minimum atomic E-state index is -0.790. The Morgan fingerprint density at radius 2 is 2.46 bits per heavy atom. The Hall–Kier alpha value is -1.72. The van der Waals surface area contributed by atoms with E-state index in [1.807, 2.05) is 0 Å². The molecule has 72 valence electrons. The second-order valence-electron chi connectivity index (χ2n) is 2.08. The largest absolute Gasteiger partial charge is 0.514 e. The van der Waals surface area contributed by atoms with E-state index in [0.717, 1.165) is 0 Å². The van der Waals surface area contributed by atoms with Crippen molar-refractivity contribution in [2.24, 2.45) is 0 Å². The van der Waals surface area contributed by atoms with E-state index < -0.39 is 12.3 Å². The lowest BCUT2D eigenvalue weighted by Gasteiger charge is -1.98. The van der Waals surface area contributed by atoms with Crippen molar-refractivity contribution in [2.45, 2.75) is 0 Å². The summed E-state index contributed by atoms with van der Waals surface area (Å²) in [6.45, 7) is 0.0576. The van der Waals surface area contributed by atoms with Gasteiger partial charge in [-0.3, -0.25) is 0 Å². The molecule has 6 heteroatoms. The first-order valence-electron chi connectivity index (χ1n) is 3.46. The number of rotatable bonds is 2. The lowest BCUT2D eigenvalue weighted by atomic mass is 10.5. The third-order valence-electron chi connectivity index (χ3n) is 1.23. The van der Waals surface area contributed by atoms with Crippen molar-refractivity contribution in [3.05, 3.63) is 11.8 Å². The maximum absolute atomic E-state index is 10.4. The molecule has 0 aromatic heterocycles. The number of carbonyl (C=O) groups excluding carboxylic acids is 2. The van der Waals surface area contributed by atoms with Crippen molar-refractivity contribution in [2.75, 3.05) is 20.3 Å². The highest BCUT2D eigenvalue weighted by Gasteiger charge is 2.17. The van der Waals surface area contributed by atoms with Crippen LogP contribution in [0, 0.1) is 0 Å². The third kappa shape index (κ3) is 3.02. The minimum absolute atomic E-state index is 0.0152. The van der Waals surface area contributed by atoms with Crippen molar-refractivity contribution in [1.29, 1.82) is 0 Å². The van der Waals surface area contributed by atoms with E-state index in [-0.39, 0.29) is 13.2 Å². The van der Waals surface area contributed by atoms with Gasteiger partial charge in [-0.25, -0.2) is 9.59 Å². The Morgan fingerprint density at radius 1 is 1.69 bits per heavy atom. The van der Waals surface area contributed by atoms with Crippen LogP contribution in [0.2, 0.25) is 0 Å². The van der Waals surface area contributed by atoms with Crippen LogP contribution < -0.4 is 0 Å². The van der Waals surface area contributed by atoms with Crippen molar-refractivity contribution >= 4 is 12.3 Å². The summed E-state index contributed by atoms with van der Waals surface area (Å²) in [6.07, 6.45) is -0.117. The molecule has 0 unspecified atom stereocenters. The fraction of sp³-hybridized carbons (Fsp3) is 0.429. The number of methoxy groups -OCH3 is 1. The molecule has 1 saturated heterocycles. The van der Waals surface area contributed by atoms with Crippen LogP contribution in [0.5, 0.6) is 0 Å². The van der Waals surface area contributed by atoms with E-state index in [4.69, 9.17) is 0 Å². The highest BCUT2D eigenvalue weighted by molar-refractivity contribution is 5.64. The van der Waals surface area contributed by atoms with Gasteiger partial charge in [0.1, 0.15) is 12.4 Å². The van der Waals surface area contributed by atoms with E-state index in [9.17, 15) is 9.59 Å². The number of carbonyl (C=O) groups is 2. The van der Waals surface area contributed by atoms with Crippen LogP contribution in [0.15, 0.2) is 11.8 Å². The molecule has 1 rings (SSSR count). The van der Waals surface area contributed by atoms with Crippen LogP contribution in [0.3, 0.4) is 0 Å². The molecule has 0 saturated carbocycles. The molecular formula is C7H8O6. The van der Waals surface area contributed by atoms with Gasteiger partial charge in [-0.05, 0) is 6.08 Å². The molecule has 0 aromatic carbocycles. The molecule has 13 heavy (non-hydrogen) atoms. The first-order valence-corrected chi connectivity index (χ1v) is 3.46. The summed E-state index contributed by atoms with van der Waals surface area (Å²) in [5, 5.41) is 0. The minimum Gasteiger partial charge on any atom is -0.438 e. The first-order chi connectivity index (χ1) is 6.22. The van der Waals surface area contributed by atoms with Gasteiger partial charge in [-0.2, -0.15) is 0 Å². The zero-order valence-electron chi connectivity index (χ0n) is 6.94. The predicted molar refractivity (Wildman–Crippen MR) is 38.9 cm³/mol. The summed E-state index contributed by atoms with van der Waals surface area (Å²) in [4.78, 5) is 20.8. The summed E-state index contributed by atoms with van der Waals surface area (Å²) < 4.78 is 17.7. The highest BCUT2D eigenvalue weighted by Crippen LogP contribution is 2.09. The van der Waals surface area contributed by atoms with Crippen LogP contribution in [0.4, 0.5) is 9.59 Å². The second kappa shape index (κ2) is 4.34. The van der Waals surface area contributed by atoms with Gasteiger partial charge in [-0.15, -0.1) is 0 Å². The lowest BCUT2D eigenvalue weighted by molar-refractivity contribution is 0.0813. The Bertz CT molecular complexity index is 243. The average Bonchev–Trinajstić information content (AvgIpc) is 2.51. The standard InChI is InChI=1S/C7H8O6/c1-10-6(8)11-3-2-5-4-12-7(9)13-5/h2H,3-4H2,1H3. The van der Waals surface area contributed by atoms with Crippen LogP contribution in [0.25, 0.3) is 0 Å². The van der Waals surface area contributed by atoms with Crippen LogP contribution in [-0.4, -0.2) is 32.6 Å². The smallest absolute Gasteiger partial charge is 0.438 e. The zero-order chi connectivity index (χ0) is 9.68. The van der Waals surface area contributed by atoms with Gasteiger partial charge in [0.05, 0.1) is 7.11 Å². The van der Waals surface area contributed by atoms with Gasteiger partial charge in [0.15, 0.2) is 6.61 Å². The Balaban J connectivity index is 2.24. The number of hydrogen-bond donors (Lipinski definition) is 0. The summed E-state index contributed by atoms with van der Waals surface area (Å²) in [5.74, 6) is 0.328. The van der Waals surface area contributed by atoms with Gasteiger partial charge in [0, 0.05) is 0 Å². The Kier molecular flexibility index (Phi) is 3.13. The number of hydrogen-bond acceptors (Lipinski definition) is 6. The van der Waals surface area contributed by atoms with Gasteiger partial charge < -0.3 is 18.9 Å². The molecule has 0 radical (unpaired) electrons. The zero-order valence-corrected chi connectivity index (χ0v) is 6.94. The SMILES string of the molecule is COC(=O)OCC=C1COC(=O)O1. The fourth-order valence-electron chi connectivity index (χ4n) is 0.658. The molecule has 1 aliphatic rings. The van der Waals surface area contributed by atoms with Crippen LogP contribution in [-0.2, 0) is 18.9 Å². The lowest BCUT2D eigenvalue weighted by Crippen LogP contribution is -2.04. The maximum atomic E-state index is 10.4. The van der Waals surface area contributed by atoms with E-state index in [0.29, 0.717) is 5.76 Å². The molecule has 0 aliphatic carbocycles. The Labute approximate surface area is 74.0 Å². The molecular weight excluding hydrogens is 180 g/mol. The Morgan fingerprint density at radius 3 is 3.00 bits per heavy atom. The maximum Gasteiger partial charge on any atom is 0.514 e. The van der Waals surface area contributed by atoms with E-state index in [1.54, 1.807) is 0 Å². The summed E-state index contributed by atoms with van der Waals surface area (Å²) in [6, 6.07) is 0. The summed E-state index contributed by atoms with van der Waals surface area (Å²) in [7, 11) is 1.20. The molecule has 1 fully saturated rings. The molecule has 1 heterocycles. The van der Waals surface area contributed by atoms with Crippen molar-refractivity contribution < 1.29 is 28.5 Å². The van der Waals surface area contributed by atoms with E-state index in [1.165, 1.54) is 13.2 Å².